The van der Waals surface area contributed by atoms with Gasteiger partial charge in [-0.1, -0.05) is 25.1 Å². The highest BCUT2D eigenvalue weighted by Crippen LogP contribution is 2.23. The summed E-state index contributed by atoms with van der Waals surface area (Å²) in [6, 6.07) is 15.5. The van der Waals surface area contributed by atoms with Gasteiger partial charge < -0.3 is 13.9 Å². The number of aryl methyl sites for hydroxylation is 1. The molecule has 3 rings (SSSR count). The third-order valence-electron chi connectivity index (χ3n) is 3.79. The summed E-state index contributed by atoms with van der Waals surface area (Å²) in [4.78, 5) is 23.8. The minimum Gasteiger partial charge on any atom is -0.479 e. The number of ether oxygens (including phenoxy) is 2. The van der Waals surface area contributed by atoms with E-state index in [0.717, 1.165) is 10.9 Å². The SMILES string of the molecule is CCc1cc(=O)oc2cc(OC(=O)C(C)Oc3ccccc3)ccc12. The van der Waals surface area contributed by atoms with Gasteiger partial charge in [-0.05, 0) is 43.2 Å². The predicted octanol–water partition coefficient (Wildman–Crippen LogP) is 3.73. The van der Waals surface area contributed by atoms with Crippen molar-refractivity contribution in [3.05, 3.63) is 70.6 Å². The Balaban J connectivity index is 1.78. The van der Waals surface area contributed by atoms with Crippen LogP contribution in [0.25, 0.3) is 11.0 Å². The molecule has 0 amide bonds. The largest absolute Gasteiger partial charge is 0.479 e. The summed E-state index contributed by atoms with van der Waals surface area (Å²) < 4.78 is 16.1. The number of hydrogen-bond acceptors (Lipinski definition) is 5. The Morgan fingerprint density at radius 3 is 2.56 bits per heavy atom. The van der Waals surface area contributed by atoms with Crippen molar-refractivity contribution >= 4 is 16.9 Å². The van der Waals surface area contributed by atoms with Gasteiger partial charge in [-0.2, -0.15) is 0 Å². The van der Waals surface area contributed by atoms with Crippen molar-refractivity contribution in [1.29, 1.82) is 0 Å². The van der Waals surface area contributed by atoms with E-state index in [1.165, 1.54) is 6.07 Å². The number of carbonyl (C=O) groups is 1. The van der Waals surface area contributed by atoms with E-state index in [1.807, 2.05) is 25.1 Å². The molecule has 1 unspecified atom stereocenters. The van der Waals surface area contributed by atoms with E-state index >= 15 is 0 Å². The predicted molar refractivity (Wildman–Crippen MR) is 94.0 cm³/mol. The van der Waals surface area contributed by atoms with E-state index in [0.29, 0.717) is 23.5 Å². The molecule has 0 fully saturated rings. The van der Waals surface area contributed by atoms with Crippen molar-refractivity contribution < 1.29 is 18.7 Å². The third-order valence-corrected chi connectivity index (χ3v) is 3.79. The smallest absolute Gasteiger partial charge is 0.352 e. The van der Waals surface area contributed by atoms with Crippen LogP contribution in [0.1, 0.15) is 19.4 Å². The van der Waals surface area contributed by atoms with E-state index in [4.69, 9.17) is 13.9 Å². The molecule has 2 aromatic carbocycles. The average Bonchev–Trinajstić information content (AvgIpc) is 2.61. The highest BCUT2D eigenvalue weighted by molar-refractivity contribution is 5.83. The fourth-order valence-corrected chi connectivity index (χ4v) is 2.52. The maximum atomic E-state index is 12.2. The molecule has 3 aromatic rings. The lowest BCUT2D eigenvalue weighted by atomic mass is 10.1. The molecule has 0 radical (unpaired) electrons. The van der Waals surface area contributed by atoms with E-state index < -0.39 is 17.7 Å². The Labute approximate surface area is 144 Å². The van der Waals surface area contributed by atoms with Crippen LogP contribution in [-0.4, -0.2) is 12.1 Å². The zero-order valence-electron chi connectivity index (χ0n) is 14.0. The van der Waals surface area contributed by atoms with E-state index in [1.54, 1.807) is 37.3 Å². The second kappa shape index (κ2) is 7.21. The van der Waals surface area contributed by atoms with Gasteiger partial charge in [-0.25, -0.2) is 9.59 Å². The zero-order chi connectivity index (χ0) is 17.8. The van der Waals surface area contributed by atoms with Gasteiger partial charge in [0.2, 0.25) is 0 Å². The Hall–Kier alpha value is -3.08. The minimum absolute atomic E-state index is 0.303. The van der Waals surface area contributed by atoms with Gasteiger partial charge in [0.25, 0.3) is 0 Å². The molecule has 1 aromatic heterocycles. The lowest BCUT2D eigenvalue weighted by Crippen LogP contribution is -2.28. The highest BCUT2D eigenvalue weighted by Gasteiger charge is 2.18. The van der Waals surface area contributed by atoms with Crippen LogP contribution in [0.3, 0.4) is 0 Å². The van der Waals surface area contributed by atoms with Gasteiger partial charge in [0.05, 0.1) is 0 Å². The second-order valence-corrected chi connectivity index (χ2v) is 5.60. The second-order valence-electron chi connectivity index (χ2n) is 5.60. The lowest BCUT2D eigenvalue weighted by molar-refractivity contribution is -0.141. The summed E-state index contributed by atoms with van der Waals surface area (Å²) in [5.74, 6) is 0.360. The molecule has 128 valence electrons. The Kier molecular flexibility index (Phi) is 4.84. The molecule has 0 aliphatic carbocycles. The molecule has 1 atom stereocenters. The quantitative estimate of drug-likeness (QED) is 0.403. The molecule has 0 aliphatic heterocycles. The van der Waals surface area contributed by atoms with Crippen LogP contribution in [0.4, 0.5) is 0 Å². The minimum atomic E-state index is -0.771. The molecule has 25 heavy (non-hydrogen) atoms. The first kappa shape index (κ1) is 16.8. The maximum absolute atomic E-state index is 12.2. The van der Waals surface area contributed by atoms with Crippen molar-refractivity contribution in [3.8, 4) is 11.5 Å². The average molecular weight is 338 g/mol. The van der Waals surface area contributed by atoms with Crippen LogP contribution < -0.4 is 15.1 Å². The summed E-state index contributed by atoms with van der Waals surface area (Å²) >= 11 is 0. The number of fused-ring (bicyclic) bond motifs is 1. The Bertz CT molecular complexity index is 943. The summed E-state index contributed by atoms with van der Waals surface area (Å²) in [5, 5.41) is 0.829. The summed E-state index contributed by atoms with van der Waals surface area (Å²) in [6.45, 7) is 3.58. The highest BCUT2D eigenvalue weighted by atomic mass is 16.6. The first-order valence-corrected chi connectivity index (χ1v) is 8.07. The van der Waals surface area contributed by atoms with Crippen LogP contribution in [0, 0.1) is 0 Å². The normalized spacial score (nSPS) is 11.9. The lowest BCUT2D eigenvalue weighted by Gasteiger charge is -2.14. The number of carbonyl (C=O) groups excluding carboxylic acids is 1. The molecule has 0 aliphatic rings. The monoisotopic (exact) mass is 338 g/mol. The zero-order valence-corrected chi connectivity index (χ0v) is 14.0. The molecule has 0 bridgehead atoms. The fraction of sp³-hybridized carbons (Fsp3) is 0.200. The van der Waals surface area contributed by atoms with Gasteiger partial charge in [0.1, 0.15) is 17.1 Å². The van der Waals surface area contributed by atoms with Crippen molar-refractivity contribution in [2.45, 2.75) is 26.4 Å². The van der Waals surface area contributed by atoms with Gasteiger partial charge in [-0.3, -0.25) is 0 Å². The van der Waals surface area contributed by atoms with E-state index in [2.05, 4.69) is 0 Å². The van der Waals surface area contributed by atoms with Crippen LogP contribution in [-0.2, 0) is 11.2 Å². The Morgan fingerprint density at radius 1 is 1.08 bits per heavy atom. The third kappa shape index (κ3) is 3.88. The number of para-hydroxylation sites is 1. The summed E-state index contributed by atoms with van der Waals surface area (Å²) in [5.41, 5.74) is 0.866. The topological polar surface area (TPSA) is 65.7 Å². The van der Waals surface area contributed by atoms with Gasteiger partial charge >= 0.3 is 11.6 Å². The molecule has 5 nitrogen and oxygen atoms in total. The molecule has 0 spiro atoms. The van der Waals surface area contributed by atoms with Crippen molar-refractivity contribution in [2.24, 2.45) is 0 Å². The van der Waals surface area contributed by atoms with Gasteiger partial charge in [0.15, 0.2) is 6.10 Å². The van der Waals surface area contributed by atoms with Gasteiger partial charge in [-0.15, -0.1) is 0 Å². The Morgan fingerprint density at radius 2 is 1.84 bits per heavy atom. The van der Waals surface area contributed by atoms with Crippen LogP contribution in [0.5, 0.6) is 11.5 Å². The molecule has 0 saturated heterocycles. The number of benzene rings is 2. The van der Waals surface area contributed by atoms with Crippen LogP contribution >= 0.6 is 0 Å². The van der Waals surface area contributed by atoms with E-state index in [-0.39, 0.29) is 0 Å². The fourth-order valence-electron chi connectivity index (χ4n) is 2.52. The first-order chi connectivity index (χ1) is 12.1. The molecule has 1 heterocycles. The molecular formula is C20H18O5. The molecule has 5 heteroatoms. The van der Waals surface area contributed by atoms with Crippen molar-refractivity contribution in [1.82, 2.24) is 0 Å². The van der Waals surface area contributed by atoms with Crippen molar-refractivity contribution in [2.75, 3.05) is 0 Å². The summed E-state index contributed by atoms with van der Waals surface area (Å²) in [6.07, 6.45) is -0.0597. The molecule has 0 N–H and O–H groups in total. The number of hydrogen-bond donors (Lipinski definition) is 0. The first-order valence-electron chi connectivity index (χ1n) is 8.07. The standard InChI is InChI=1S/C20H18O5/c1-3-14-11-19(21)25-18-12-16(9-10-17(14)18)24-20(22)13(2)23-15-7-5-4-6-8-15/h4-13H,3H2,1-2H3. The molecule has 0 saturated carbocycles. The number of rotatable bonds is 5. The number of esters is 1. The van der Waals surface area contributed by atoms with E-state index in [9.17, 15) is 9.59 Å². The van der Waals surface area contributed by atoms with Crippen LogP contribution in [0.15, 0.2) is 63.8 Å². The summed E-state index contributed by atoms with van der Waals surface area (Å²) in [7, 11) is 0. The van der Waals surface area contributed by atoms with Gasteiger partial charge in [0, 0.05) is 17.5 Å². The maximum Gasteiger partial charge on any atom is 0.352 e. The molecular weight excluding hydrogens is 320 g/mol. The van der Waals surface area contributed by atoms with Crippen molar-refractivity contribution in [3.63, 3.8) is 0 Å². The van der Waals surface area contributed by atoms with Crippen LogP contribution in [0.2, 0.25) is 0 Å².